The second kappa shape index (κ2) is 7.55. The van der Waals surface area contributed by atoms with Gasteiger partial charge in [-0.1, -0.05) is 36.4 Å². The smallest absolute Gasteiger partial charge is 0.246 e. The lowest BCUT2D eigenvalue weighted by molar-refractivity contribution is 0.113. The Kier molecular flexibility index (Phi) is 5.14. The highest BCUT2D eigenvalue weighted by atomic mass is 32.2. The van der Waals surface area contributed by atoms with Crippen molar-refractivity contribution < 1.29 is 13.5 Å². The average Bonchev–Trinajstić information content (AvgIpc) is 3.33. The topological polar surface area (TPSA) is 75.4 Å². The molecule has 3 aromatic rings. The number of benzene rings is 1. The van der Waals surface area contributed by atoms with Crippen LogP contribution < -0.4 is 0 Å². The normalized spacial score (nSPS) is 16.6. The number of hydrogen-bond donors (Lipinski definition) is 1. The van der Waals surface area contributed by atoms with Gasteiger partial charge in [0.05, 0.1) is 17.5 Å². The number of piperidine rings is 1. The van der Waals surface area contributed by atoms with Gasteiger partial charge < -0.3 is 5.11 Å². The first-order valence-corrected chi connectivity index (χ1v) is 11.2. The maximum Gasteiger partial charge on any atom is 0.246 e. The summed E-state index contributed by atoms with van der Waals surface area (Å²) in [4.78, 5) is 1.06. The first-order valence-electron chi connectivity index (χ1n) is 8.87. The summed E-state index contributed by atoms with van der Waals surface area (Å²) in [7, 11) is -3.67. The number of nitrogens with zero attached hydrogens (tertiary/aromatic N) is 3. The highest BCUT2D eigenvalue weighted by molar-refractivity contribution is 7.89. The van der Waals surface area contributed by atoms with Crippen LogP contribution in [0.1, 0.15) is 18.4 Å². The molecule has 0 bridgehead atoms. The Labute approximate surface area is 162 Å². The molecule has 1 N–H and O–H groups in total. The maximum atomic E-state index is 13.3. The second-order valence-electron chi connectivity index (χ2n) is 6.64. The average molecular weight is 404 g/mol. The van der Waals surface area contributed by atoms with E-state index in [4.69, 9.17) is 0 Å². The lowest BCUT2D eigenvalue weighted by Crippen LogP contribution is -2.40. The first-order chi connectivity index (χ1) is 13.0. The molecule has 6 nitrogen and oxygen atoms in total. The van der Waals surface area contributed by atoms with Gasteiger partial charge in [0.15, 0.2) is 0 Å². The molecule has 0 spiro atoms. The van der Waals surface area contributed by atoms with Crippen molar-refractivity contribution in [1.82, 2.24) is 14.1 Å². The van der Waals surface area contributed by atoms with Gasteiger partial charge in [-0.2, -0.15) is 9.40 Å². The number of sulfonamides is 1. The van der Waals surface area contributed by atoms with Crippen molar-refractivity contribution in [3.63, 3.8) is 0 Å². The van der Waals surface area contributed by atoms with E-state index in [1.807, 2.05) is 47.8 Å². The van der Waals surface area contributed by atoms with Crippen LogP contribution in [-0.2, 0) is 16.6 Å². The lowest BCUT2D eigenvalue weighted by atomic mass is 10.1. The molecule has 3 heterocycles. The summed E-state index contributed by atoms with van der Waals surface area (Å²) in [5, 5.41) is 16.2. The molecule has 1 fully saturated rings. The molecule has 0 saturated carbocycles. The summed E-state index contributed by atoms with van der Waals surface area (Å²) >= 11 is 1.47. The summed E-state index contributed by atoms with van der Waals surface area (Å²) in [6.45, 7) is 1.17. The van der Waals surface area contributed by atoms with Crippen LogP contribution in [0.2, 0.25) is 0 Å². The van der Waals surface area contributed by atoms with Crippen LogP contribution in [0.15, 0.2) is 58.9 Å². The molecule has 8 heteroatoms. The zero-order valence-electron chi connectivity index (χ0n) is 14.7. The van der Waals surface area contributed by atoms with Gasteiger partial charge in [-0.25, -0.2) is 8.42 Å². The van der Waals surface area contributed by atoms with E-state index < -0.39 is 16.1 Å². The van der Waals surface area contributed by atoms with Crippen LogP contribution in [0.4, 0.5) is 0 Å². The highest BCUT2D eigenvalue weighted by Gasteiger charge is 2.33. The summed E-state index contributed by atoms with van der Waals surface area (Å²) in [5.74, 6) is 0. The van der Waals surface area contributed by atoms with Crippen molar-refractivity contribution in [3.05, 3.63) is 59.6 Å². The lowest BCUT2D eigenvalue weighted by Gasteiger charge is -2.28. The van der Waals surface area contributed by atoms with Gasteiger partial charge in [-0.3, -0.25) is 4.68 Å². The Morgan fingerprint density at radius 2 is 1.85 bits per heavy atom. The molecule has 0 atom stereocenters. The van der Waals surface area contributed by atoms with E-state index in [1.54, 1.807) is 10.9 Å². The van der Waals surface area contributed by atoms with Gasteiger partial charge >= 0.3 is 0 Å². The van der Waals surface area contributed by atoms with E-state index in [1.165, 1.54) is 15.6 Å². The van der Waals surface area contributed by atoms with Crippen molar-refractivity contribution in [3.8, 4) is 10.6 Å². The summed E-state index contributed by atoms with van der Waals surface area (Å²) in [5.41, 5.74) is 1.55. The SMILES string of the molecule is O=S(=O)(c1cn(Cc2ccccc2)nc1-c1cccs1)N1CCC(O)CC1. The summed E-state index contributed by atoms with van der Waals surface area (Å²) in [6.07, 6.45) is 2.13. The fourth-order valence-electron chi connectivity index (χ4n) is 3.25. The molecule has 4 rings (SSSR count). The number of hydrogen-bond acceptors (Lipinski definition) is 5. The molecule has 2 aromatic heterocycles. The minimum absolute atomic E-state index is 0.234. The van der Waals surface area contributed by atoms with Gasteiger partial charge in [0.25, 0.3) is 0 Å². The highest BCUT2D eigenvalue weighted by Crippen LogP contribution is 2.32. The van der Waals surface area contributed by atoms with Gasteiger partial charge in [-0.15, -0.1) is 11.3 Å². The maximum absolute atomic E-state index is 13.3. The molecule has 27 heavy (non-hydrogen) atoms. The number of aliphatic hydroxyl groups is 1. The van der Waals surface area contributed by atoms with E-state index in [9.17, 15) is 13.5 Å². The molecule has 0 amide bonds. The summed E-state index contributed by atoms with van der Waals surface area (Å²) < 4.78 is 29.7. The molecule has 0 unspecified atom stereocenters. The predicted octanol–water partition coefficient (Wildman–Crippen LogP) is 2.81. The Bertz CT molecular complexity index is 990. The van der Waals surface area contributed by atoms with Crippen LogP contribution in [0.25, 0.3) is 10.6 Å². The van der Waals surface area contributed by atoms with E-state index in [0.29, 0.717) is 38.2 Å². The number of rotatable bonds is 5. The molecule has 1 saturated heterocycles. The van der Waals surface area contributed by atoms with E-state index in [-0.39, 0.29) is 4.90 Å². The third-order valence-corrected chi connectivity index (χ3v) is 7.49. The molecular weight excluding hydrogens is 382 g/mol. The molecule has 1 aliphatic rings. The van der Waals surface area contributed by atoms with Gasteiger partial charge in [-0.05, 0) is 29.9 Å². The summed E-state index contributed by atoms with van der Waals surface area (Å²) in [6, 6.07) is 13.6. The molecule has 1 aromatic carbocycles. The minimum Gasteiger partial charge on any atom is -0.393 e. The van der Waals surface area contributed by atoms with Crippen LogP contribution in [0.5, 0.6) is 0 Å². The van der Waals surface area contributed by atoms with E-state index in [0.717, 1.165) is 10.4 Å². The van der Waals surface area contributed by atoms with Crippen molar-refractivity contribution in [2.24, 2.45) is 0 Å². The third-order valence-electron chi connectivity index (χ3n) is 4.71. The Morgan fingerprint density at radius 3 is 2.52 bits per heavy atom. The molecule has 0 aliphatic carbocycles. The van der Waals surface area contributed by atoms with Crippen molar-refractivity contribution in [2.75, 3.05) is 13.1 Å². The number of thiophene rings is 1. The van der Waals surface area contributed by atoms with Crippen molar-refractivity contribution in [2.45, 2.75) is 30.4 Å². The first kappa shape index (κ1) is 18.4. The van der Waals surface area contributed by atoms with E-state index in [2.05, 4.69) is 5.10 Å². The largest absolute Gasteiger partial charge is 0.393 e. The Balaban J connectivity index is 1.72. The Hall–Kier alpha value is -2.00. The quantitative estimate of drug-likeness (QED) is 0.711. The van der Waals surface area contributed by atoms with Gasteiger partial charge in [0, 0.05) is 19.3 Å². The van der Waals surface area contributed by atoms with Crippen LogP contribution in [-0.4, -0.2) is 46.8 Å². The molecule has 142 valence electrons. The molecular formula is C19H21N3O3S2. The fourth-order valence-corrected chi connectivity index (χ4v) is 5.66. The molecule has 1 aliphatic heterocycles. The Morgan fingerprint density at radius 1 is 1.11 bits per heavy atom. The standard InChI is InChI=1S/C19H21N3O3S2/c23-16-8-10-22(11-9-16)27(24,25)18-14-21(13-15-5-2-1-3-6-15)20-19(18)17-7-4-12-26-17/h1-7,12,14,16,23H,8-11,13H2. The van der Waals surface area contributed by atoms with Crippen molar-refractivity contribution in [1.29, 1.82) is 0 Å². The fraction of sp³-hybridized carbons (Fsp3) is 0.316. The van der Waals surface area contributed by atoms with Gasteiger partial charge in [0.1, 0.15) is 10.6 Å². The second-order valence-corrected chi connectivity index (χ2v) is 9.49. The third kappa shape index (κ3) is 3.84. The number of aliphatic hydroxyl groups excluding tert-OH is 1. The van der Waals surface area contributed by atoms with Crippen LogP contribution in [0, 0.1) is 0 Å². The van der Waals surface area contributed by atoms with Gasteiger partial charge in [0.2, 0.25) is 10.0 Å². The zero-order valence-corrected chi connectivity index (χ0v) is 16.4. The number of aromatic nitrogens is 2. The minimum atomic E-state index is -3.67. The van der Waals surface area contributed by atoms with E-state index >= 15 is 0 Å². The van der Waals surface area contributed by atoms with Crippen molar-refractivity contribution >= 4 is 21.4 Å². The van der Waals surface area contributed by atoms with Crippen LogP contribution >= 0.6 is 11.3 Å². The molecule has 0 radical (unpaired) electrons. The van der Waals surface area contributed by atoms with Crippen LogP contribution in [0.3, 0.4) is 0 Å². The predicted molar refractivity (Wildman–Crippen MR) is 105 cm³/mol. The monoisotopic (exact) mass is 403 g/mol. The zero-order chi connectivity index (χ0) is 18.9.